The molecule has 1 heterocycles. The van der Waals surface area contributed by atoms with E-state index in [0.717, 1.165) is 0 Å². The summed E-state index contributed by atoms with van der Waals surface area (Å²) in [5.74, 6) is -0.342. The van der Waals surface area contributed by atoms with Crippen molar-refractivity contribution in [3.8, 4) is 0 Å². The maximum absolute atomic E-state index is 12.0. The van der Waals surface area contributed by atoms with Gasteiger partial charge < -0.3 is 10.1 Å². The average Bonchev–Trinajstić information content (AvgIpc) is 2.36. The topological polar surface area (TPSA) is 51.2 Å². The van der Waals surface area contributed by atoms with Crippen LogP contribution >= 0.6 is 11.6 Å². The predicted octanol–water partition coefficient (Wildman–Crippen LogP) is 3.04. The normalized spacial score (nSPS) is 11.8. The van der Waals surface area contributed by atoms with Crippen molar-refractivity contribution in [3.63, 3.8) is 0 Å². The third-order valence-electron chi connectivity index (χ3n) is 2.60. The van der Waals surface area contributed by atoms with Gasteiger partial charge >= 0.3 is 0 Å². The highest BCUT2D eigenvalue weighted by atomic mass is 35.5. The largest absolute Gasteiger partial charge is 0.374 e. The second-order valence-electron chi connectivity index (χ2n) is 5.54. The minimum absolute atomic E-state index is 0.0288. The predicted molar refractivity (Wildman–Crippen MR) is 77.1 cm³/mol. The maximum Gasteiger partial charge on any atom is 0.261 e. The summed E-state index contributed by atoms with van der Waals surface area (Å²) in [5, 5.41) is 2.82. The van der Waals surface area contributed by atoms with Crippen LogP contribution in [0.4, 0.5) is 8.78 Å². The quantitative estimate of drug-likeness (QED) is 0.647. The van der Waals surface area contributed by atoms with E-state index in [9.17, 15) is 13.6 Å². The summed E-state index contributed by atoms with van der Waals surface area (Å²) >= 11 is 5.92. The monoisotopic (exact) mass is 320 g/mol. The fourth-order valence-corrected chi connectivity index (χ4v) is 1.73. The molecule has 118 valence electrons. The standard InChI is InChI=1S/C14H19ClF2N2O2/c1-14(2,3)10-6-9(7-11(15)19-10)13(20)18-4-5-21-8-12(16)17/h6-7,12H,4-5,8H2,1-3H3,(H,18,20). The van der Waals surface area contributed by atoms with Crippen LogP contribution in [0.2, 0.25) is 5.15 Å². The summed E-state index contributed by atoms with van der Waals surface area (Å²) in [6.45, 7) is 5.44. The van der Waals surface area contributed by atoms with E-state index in [0.29, 0.717) is 11.3 Å². The first-order valence-electron chi connectivity index (χ1n) is 6.52. The summed E-state index contributed by atoms with van der Waals surface area (Å²) in [5.41, 5.74) is 0.850. The summed E-state index contributed by atoms with van der Waals surface area (Å²) < 4.78 is 28.4. The van der Waals surface area contributed by atoms with Gasteiger partial charge in [-0.25, -0.2) is 13.8 Å². The minimum atomic E-state index is -2.51. The van der Waals surface area contributed by atoms with Gasteiger partial charge in [-0.3, -0.25) is 4.79 Å². The van der Waals surface area contributed by atoms with Crippen LogP contribution in [0, 0.1) is 0 Å². The first-order chi connectivity index (χ1) is 9.70. The molecule has 4 nitrogen and oxygen atoms in total. The number of ether oxygens (including phenoxy) is 1. The molecule has 1 N–H and O–H groups in total. The van der Waals surface area contributed by atoms with Crippen molar-refractivity contribution in [1.82, 2.24) is 10.3 Å². The van der Waals surface area contributed by atoms with E-state index < -0.39 is 13.0 Å². The molecule has 0 spiro atoms. The van der Waals surface area contributed by atoms with E-state index in [2.05, 4.69) is 15.0 Å². The highest BCUT2D eigenvalue weighted by Gasteiger charge is 2.18. The maximum atomic E-state index is 12.0. The van der Waals surface area contributed by atoms with Crippen LogP contribution in [-0.2, 0) is 10.2 Å². The molecular weight excluding hydrogens is 302 g/mol. The van der Waals surface area contributed by atoms with Gasteiger partial charge in [0, 0.05) is 23.2 Å². The molecule has 1 aromatic heterocycles. The molecular formula is C14H19ClF2N2O2. The second-order valence-corrected chi connectivity index (χ2v) is 5.92. The van der Waals surface area contributed by atoms with E-state index in [1.807, 2.05) is 20.8 Å². The molecule has 0 saturated heterocycles. The zero-order valence-electron chi connectivity index (χ0n) is 12.3. The Labute approximate surface area is 127 Å². The van der Waals surface area contributed by atoms with Crippen LogP contribution in [-0.4, -0.2) is 37.1 Å². The van der Waals surface area contributed by atoms with Crippen molar-refractivity contribution in [1.29, 1.82) is 0 Å². The molecule has 0 fully saturated rings. The number of carbonyl (C=O) groups is 1. The van der Waals surface area contributed by atoms with Crippen LogP contribution in [0.1, 0.15) is 36.8 Å². The number of rotatable bonds is 6. The molecule has 1 rings (SSSR count). The van der Waals surface area contributed by atoms with Crippen molar-refractivity contribution in [2.45, 2.75) is 32.6 Å². The molecule has 0 aliphatic heterocycles. The van der Waals surface area contributed by atoms with Crippen molar-refractivity contribution in [2.75, 3.05) is 19.8 Å². The fraction of sp³-hybridized carbons (Fsp3) is 0.571. The highest BCUT2D eigenvalue weighted by molar-refractivity contribution is 6.29. The Morgan fingerprint density at radius 2 is 2.10 bits per heavy atom. The number of nitrogens with one attached hydrogen (secondary N) is 1. The van der Waals surface area contributed by atoms with Crippen LogP contribution < -0.4 is 5.32 Å². The Balaban J connectivity index is 2.60. The van der Waals surface area contributed by atoms with Gasteiger partial charge in [0.1, 0.15) is 11.8 Å². The average molecular weight is 321 g/mol. The molecule has 0 atom stereocenters. The van der Waals surface area contributed by atoms with E-state index >= 15 is 0 Å². The second kappa shape index (κ2) is 7.66. The van der Waals surface area contributed by atoms with E-state index in [1.54, 1.807) is 6.07 Å². The number of carbonyl (C=O) groups excluding carboxylic acids is 1. The van der Waals surface area contributed by atoms with Crippen molar-refractivity contribution in [2.24, 2.45) is 0 Å². The lowest BCUT2D eigenvalue weighted by Gasteiger charge is -2.18. The zero-order chi connectivity index (χ0) is 16.0. The van der Waals surface area contributed by atoms with Crippen LogP contribution in [0.5, 0.6) is 0 Å². The Morgan fingerprint density at radius 3 is 2.67 bits per heavy atom. The van der Waals surface area contributed by atoms with E-state index in [4.69, 9.17) is 11.6 Å². The third kappa shape index (κ3) is 6.35. The van der Waals surface area contributed by atoms with Crippen LogP contribution in [0.25, 0.3) is 0 Å². The molecule has 0 bridgehead atoms. The molecule has 0 radical (unpaired) electrons. The van der Waals surface area contributed by atoms with Gasteiger partial charge in [-0.2, -0.15) is 0 Å². The van der Waals surface area contributed by atoms with Crippen LogP contribution in [0.15, 0.2) is 12.1 Å². The first-order valence-corrected chi connectivity index (χ1v) is 6.90. The van der Waals surface area contributed by atoms with Crippen LogP contribution in [0.3, 0.4) is 0 Å². The fourth-order valence-electron chi connectivity index (χ4n) is 1.52. The van der Waals surface area contributed by atoms with Crippen molar-refractivity contribution >= 4 is 17.5 Å². The highest BCUT2D eigenvalue weighted by Crippen LogP contribution is 2.23. The van der Waals surface area contributed by atoms with Gasteiger partial charge in [-0.15, -0.1) is 0 Å². The third-order valence-corrected chi connectivity index (χ3v) is 2.79. The van der Waals surface area contributed by atoms with Crippen molar-refractivity contribution < 1.29 is 18.3 Å². The Bertz CT molecular complexity index is 490. The summed E-state index contributed by atoms with van der Waals surface area (Å²) in [4.78, 5) is 16.2. The van der Waals surface area contributed by atoms with Gasteiger partial charge in [0.25, 0.3) is 12.3 Å². The number of hydrogen-bond donors (Lipinski definition) is 1. The molecule has 7 heteroatoms. The lowest BCUT2D eigenvalue weighted by atomic mass is 9.91. The SMILES string of the molecule is CC(C)(C)c1cc(C(=O)NCCOCC(F)F)cc(Cl)n1. The molecule has 1 amide bonds. The van der Waals surface area contributed by atoms with Gasteiger partial charge in [0.2, 0.25) is 0 Å². The van der Waals surface area contributed by atoms with Gasteiger partial charge in [-0.1, -0.05) is 32.4 Å². The number of aromatic nitrogens is 1. The van der Waals surface area contributed by atoms with Gasteiger partial charge in [0.05, 0.1) is 6.61 Å². The number of halogens is 3. The first kappa shape index (κ1) is 17.8. The van der Waals surface area contributed by atoms with E-state index in [-0.39, 0.29) is 29.6 Å². The lowest BCUT2D eigenvalue weighted by molar-refractivity contribution is 0.0188. The number of hydrogen-bond acceptors (Lipinski definition) is 3. The smallest absolute Gasteiger partial charge is 0.261 e. The van der Waals surface area contributed by atoms with Gasteiger partial charge in [0.15, 0.2) is 0 Å². The van der Waals surface area contributed by atoms with E-state index in [1.165, 1.54) is 6.07 Å². The van der Waals surface area contributed by atoms with Gasteiger partial charge in [-0.05, 0) is 12.1 Å². The molecule has 0 aliphatic carbocycles. The molecule has 0 aromatic carbocycles. The number of amides is 1. The molecule has 21 heavy (non-hydrogen) atoms. The molecule has 0 saturated carbocycles. The summed E-state index contributed by atoms with van der Waals surface area (Å²) in [6.07, 6.45) is -2.51. The molecule has 0 aliphatic rings. The molecule has 1 aromatic rings. The molecule has 0 unspecified atom stereocenters. The zero-order valence-corrected chi connectivity index (χ0v) is 13.0. The number of alkyl halides is 2. The Morgan fingerprint density at radius 1 is 1.43 bits per heavy atom. The number of nitrogens with zero attached hydrogens (tertiary/aromatic N) is 1. The Kier molecular flexibility index (Phi) is 6.48. The summed E-state index contributed by atoms with van der Waals surface area (Å²) in [7, 11) is 0. The lowest BCUT2D eigenvalue weighted by Crippen LogP contribution is -2.28. The van der Waals surface area contributed by atoms with Crippen molar-refractivity contribution in [3.05, 3.63) is 28.5 Å². The minimum Gasteiger partial charge on any atom is -0.374 e. The summed E-state index contributed by atoms with van der Waals surface area (Å²) in [6, 6.07) is 3.13. The Hall–Kier alpha value is -1.27. The number of pyridine rings is 1.